The van der Waals surface area contributed by atoms with Crippen LogP contribution in [0.3, 0.4) is 0 Å². The van der Waals surface area contributed by atoms with E-state index >= 15 is 0 Å². The predicted molar refractivity (Wildman–Crippen MR) is 70.5 cm³/mol. The fraction of sp³-hybridized carbons (Fsp3) is 0.933. The van der Waals surface area contributed by atoms with Gasteiger partial charge in [-0.05, 0) is 38.0 Å². The van der Waals surface area contributed by atoms with E-state index in [4.69, 9.17) is 9.47 Å². The van der Waals surface area contributed by atoms with Gasteiger partial charge in [0.05, 0.1) is 5.60 Å². The van der Waals surface area contributed by atoms with E-state index in [9.17, 15) is 4.79 Å². The van der Waals surface area contributed by atoms with Gasteiger partial charge in [-0.1, -0.05) is 13.8 Å². The van der Waals surface area contributed by atoms with Gasteiger partial charge in [-0.25, -0.2) is 0 Å². The number of hydrogen-bond acceptors (Lipinski definition) is 3. The van der Waals surface area contributed by atoms with Gasteiger partial charge in [0, 0.05) is 32.2 Å². The highest BCUT2D eigenvalue weighted by Gasteiger charge is 2.40. The smallest absolute Gasteiger partial charge is 0.136 e. The number of Topliss-reactive ketones (excluding diaryl/α,β-unsaturated/α-hetero) is 1. The molecular weight excluding hydrogens is 228 g/mol. The van der Waals surface area contributed by atoms with Crippen molar-refractivity contribution >= 4 is 5.78 Å². The molecule has 104 valence electrons. The molecule has 0 amide bonds. The second-order valence-electron chi connectivity index (χ2n) is 6.23. The normalized spacial score (nSPS) is 27.6. The van der Waals surface area contributed by atoms with Gasteiger partial charge in [-0.3, -0.25) is 4.79 Å². The highest BCUT2D eigenvalue weighted by molar-refractivity contribution is 5.81. The minimum Gasteiger partial charge on any atom is -0.381 e. The Morgan fingerprint density at radius 3 is 2.67 bits per heavy atom. The summed E-state index contributed by atoms with van der Waals surface area (Å²) >= 11 is 0. The van der Waals surface area contributed by atoms with E-state index in [0.717, 1.165) is 58.3 Å². The summed E-state index contributed by atoms with van der Waals surface area (Å²) in [5.41, 5.74) is -0.0470. The summed E-state index contributed by atoms with van der Waals surface area (Å²) in [7, 11) is 0. The van der Waals surface area contributed by atoms with Gasteiger partial charge in [0.25, 0.3) is 0 Å². The molecule has 0 aromatic rings. The van der Waals surface area contributed by atoms with E-state index in [1.165, 1.54) is 0 Å². The van der Waals surface area contributed by atoms with Crippen molar-refractivity contribution in [3.05, 3.63) is 0 Å². The van der Waals surface area contributed by atoms with Crippen LogP contribution in [0.2, 0.25) is 0 Å². The number of ether oxygens (including phenoxy) is 2. The molecule has 2 rings (SSSR count). The lowest BCUT2D eigenvalue weighted by molar-refractivity contribution is -0.157. The molecule has 3 heteroatoms. The van der Waals surface area contributed by atoms with Crippen molar-refractivity contribution in [2.24, 2.45) is 11.8 Å². The second kappa shape index (κ2) is 6.16. The van der Waals surface area contributed by atoms with E-state index in [1.54, 1.807) is 0 Å². The lowest BCUT2D eigenvalue weighted by Crippen LogP contribution is -2.45. The second-order valence-corrected chi connectivity index (χ2v) is 6.23. The summed E-state index contributed by atoms with van der Waals surface area (Å²) in [5.74, 6) is 1.30. The van der Waals surface area contributed by atoms with Gasteiger partial charge in [0.2, 0.25) is 0 Å². The van der Waals surface area contributed by atoms with Gasteiger partial charge in [0.15, 0.2) is 0 Å². The Labute approximate surface area is 110 Å². The van der Waals surface area contributed by atoms with E-state index in [2.05, 4.69) is 13.8 Å². The van der Waals surface area contributed by atoms with Crippen LogP contribution in [0.15, 0.2) is 0 Å². The number of carbonyl (C=O) groups is 1. The SMILES string of the molecule is CC(C)CCC(=O)C1CCOC2(CCOCC2)C1. The van der Waals surface area contributed by atoms with Crippen molar-refractivity contribution in [2.45, 2.75) is 58.0 Å². The van der Waals surface area contributed by atoms with Crippen molar-refractivity contribution in [2.75, 3.05) is 19.8 Å². The Morgan fingerprint density at radius 1 is 1.28 bits per heavy atom. The Bertz CT molecular complexity index is 274. The first-order chi connectivity index (χ1) is 8.61. The topological polar surface area (TPSA) is 35.5 Å². The molecule has 0 aromatic heterocycles. The first-order valence-corrected chi connectivity index (χ1v) is 7.36. The van der Waals surface area contributed by atoms with E-state index in [0.29, 0.717) is 11.7 Å². The molecular formula is C15H26O3. The zero-order chi connectivity index (χ0) is 13.0. The van der Waals surface area contributed by atoms with Gasteiger partial charge < -0.3 is 9.47 Å². The average Bonchev–Trinajstić information content (AvgIpc) is 2.37. The van der Waals surface area contributed by atoms with Crippen molar-refractivity contribution in [1.82, 2.24) is 0 Å². The number of ketones is 1. The zero-order valence-corrected chi connectivity index (χ0v) is 11.7. The van der Waals surface area contributed by atoms with E-state index in [1.807, 2.05) is 0 Å². The molecule has 18 heavy (non-hydrogen) atoms. The molecule has 2 saturated heterocycles. The maximum atomic E-state index is 12.2. The van der Waals surface area contributed by atoms with Gasteiger partial charge in [-0.2, -0.15) is 0 Å². The lowest BCUT2D eigenvalue weighted by Gasteiger charge is -2.43. The molecule has 2 heterocycles. The van der Waals surface area contributed by atoms with Gasteiger partial charge in [0.1, 0.15) is 5.78 Å². The minimum atomic E-state index is -0.0470. The van der Waals surface area contributed by atoms with Crippen LogP contribution in [-0.4, -0.2) is 31.2 Å². The van der Waals surface area contributed by atoms with Crippen LogP contribution in [0.4, 0.5) is 0 Å². The fourth-order valence-electron chi connectivity index (χ4n) is 3.03. The van der Waals surface area contributed by atoms with Crippen LogP contribution >= 0.6 is 0 Å². The quantitative estimate of drug-likeness (QED) is 0.773. The maximum absolute atomic E-state index is 12.2. The monoisotopic (exact) mass is 254 g/mol. The van der Waals surface area contributed by atoms with Crippen molar-refractivity contribution < 1.29 is 14.3 Å². The standard InChI is InChI=1S/C15H26O3/c1-12(2)3-4-14(16)13-5-8-18-15(11-13)6-9-17-10-7-15/h12-13H,3-11H2,1-2H3. The third-order valence-corrected chi connectivity index (χ3v) is 4.32. The molecule has 0 saturated carbocycles. The van der Waals surface area contributed by atoms with Crippen LogP contribution in [0.25, 0.3) is 0 Å². The predicted octanol–water partition coefficient (Wildman–Crippen LogP) is 2.97. The Balaban J connectivity index is 1.87. The third kappa shape index (κ3) is 3.55. The zero-order valence-electron chi connectivity index (χ0n) is 11.7. The van der Waals surface area contributed by atoms with Crippen molar-refractivity contribution in [1.29, 1.82) is 0 Å². The van der Waals surface area contributed by atoms with Crippen molar-refractivity contribution in [3.63, 3.8) is 0 Å². The molecule has 0 bridgehead atoms. The van der Waals surface area contributed by atoms with Gasteiger partial charge in [-0.15, -0.1) is 0 Å². The summed E-state index contributed by atoms with van der Waals surface area (Å²) in [6.07, 6.45) is 5.52. The molecule has 2 fully saturated rings. The molecule has 0 aliphatic carbocycles. The number of rotatable bonds is 4. The first kappa shape index (κ1) is 14.0. The van der Waals surface area contributed by atoms with Crippen LogP contribution in [0, 0.1) is 11.8 Å². The fourth-order valence-corrected chi connectivity index (χ4v) is 3.03. The molecule has 2 aliphatic rings. The molecule has 1 spiro atoms. The first-order valence-electron chi connectivity index (χ1n) is 7.36. The average molecular weight is 254 g/mol. The van der Waals surface area contributed by atoms with Crippen LogP contribution in [0.1, 0.15) is 52.4 Å². The summed E-state index contributed by atoms with van der Waals surface area (Å²) in [6, 6.07) is 0. The summed E-state index contributed by atoms with van der Waals surface area (Å²) in [5, 5.41) is 0. The third-order valence-electron chi connectivity index (χ3n) is 4.32. The molecule has 0 N–H and O–H groups in total. The van der Waals surface area contributed by atoms with Gasteiger partial charge >= 0.3 is 0 Å². The Kier molecular flexibility index (Phi) is 4.79. The minimum absolute atomic E-state index is 0.0470. The van der Waals surface area contributed by atoms with E-state index < -0.39 is 0 Å². The number of hydrogen-bond donors (Lipinski definition) is 0. The largest absolute Gasteiger partial charge is 0.381 e. The molecule has 0 radical (unpaired) electrons. The van der Waals surface area contributed by atoms with Crippen molar-refractivity contribution in [3.8, 4) is 0 Å². The summed E-state index contributed by atoms with van der Waals surface area (Å²) in [6.45, 7) is 6.67. The molecule has 2 aliphatic heterocycles. The lowest BCUT2D eigenvalue weighted by atomic mass is 9.78. The molecule has 1 atom stereocenters. The Morgan fingerprint density at radius 2 is 2.00 bits per heavy atom. The molecule has 1 unspecified atom stereocenters. The summed E-state index contributed by atoms with van der Waals surface area (Å²) < 4.78 is 11.4. The van der Waals surface area contributed by atoms with Crippen LogP contribution in [0.5, 0.6) is 0 Å². The highest BCUT2D eigenvalue weighted by atomic mass is 16.5. The maximum Gasteiger partial charge on any atom is 0.136 e. The Hall–Kier alpha value is -0.410. The molecule has 3 nitrogen and oxygen atoms in total. The van der Waals surface area contributed by atoms with E-state index in [-0.39, 0.29) is 11.5 Å². The van der Waals surface area contributed by atoms with Crippen LogP contribution in [-0.2, 0) is 14.3 Å². The molecule has 0 aromatic carbocycles. The highest BCUT2D eigenvalue weighted by Crippen LogP contribution is 2.37. The number of carbonyl (C=O) groups excluding carboxylic acids is 1. The van der Waals surface area contributed by atoms with Crippen LogP contribution < -0.4 is 0 Å². The summed E-state index contributed by atoms with van der Waals surface area (Å²) in [4.78, 5) is 12.2.